The molecule has 5 heteroatoms. The van der Waals surface area contributed by atoms with Crippen molar-refractivity contribution in [3.8, 4) is 0 Å². The summed E-state index contributed by atoms with van der Waals surface area (Å²) in [6, 6.07) is 0. The molecule has 0 aromatic carbocycles. The van der Waals surface area contributed by atoms with E-state index in [2.05, 4.69) is 25.3 Å². The Hall–Kier alpha value is -1.75. The molecule has 15 heavy (non-hydrogen) atoms. The van der Waals surface area contributed by atoms with E-state index in [-0.39, 0.29) is 0 Å². The monoisotopic (exact) mass is 203 g/mol. The zero-order valence-corrected chi connectivity index (χ0v) is 8.35. The van der Waals surface area contributed by atoms with Crippen LogP contribution < -0.4 is 5.32 Å². The predicted molar refractivity (Wildman–Crippen MR) is 56.0 cm³/mol. The van der Waals surface area contributed by atoms with Gasteiger partial charge in [-0.3, -0.25) is 0 Å². The predicted octanol–water partition coefficient (Wildman–Crippen LogP) is 0.532. The van der Waals surface area contributed by atoms with Gasteiger partial charge in [-0.25, -0.2) is 15.0 Å². The number of imidazole rings is 1. The van der Waals surface area contributed by atoms with Crippen LogP contribution in [0.5, 0.6) is 0 Å². The number of rotatable bonds is 5. The molecule has 0 atom stereocenters. The lowest BCUT2D eigenvalue weighted by atomic mass is 10.3. The molecule has 0 saturated heterocycles. The van der Waals surface area contributed by atoms with E-state index in [0.717, 1.165) is 30.8 Å². The maximum atomic E-state index is 3.96. The Bertz CT molecular complexity index is 370. The van der Waals surface area contributed by atoms with Crippen LogP contribution in [0, 0.1) is 0 Å². The van der Waals surface area contributed by atoms with Crippen molar-refractivity contribution in [1.82, 2.24) is 25.3 Å². The van der Waals surface area contributed by atoms with Gasteiger partial charge in [-0.2, -0.15) is 0 Å². The first-order valence-corrected chi connectivity index (χ1v) is 4.87. The number of nitrogens with one attached hydrogen (secondary N) is 2. The molecular formula is C10H13N5. The molecule has 0 fully saturated rings. The SMILES string of the molecule is c1ncc(CNCCc2cnc[nH]2)cn1. The van der Waals surface area contributed by atoms with E-state index in [1.807, 2.05) is 18.6 Å². The Morgan fingerprint density at radius 3 is 2.73 bits per heavy atom. The average Bonchev–Trinajstić information content (AvgIpc) is 2.79. The zero-order valence-electron chi connectivity index (χ0n) is 8.35. The van der Waals surface area contributed by atoms with E-state index in [9.17, 15) is 0 Å². The summed E-state index contributed by atoms with van der Waals surface area (Å²) in [6.45, 7) is 1.71. The second-order valence-corrected chi connectivity index (χ2v) is 3.25. The minimum atomic E-state index is 0.801. The molecule has 0 aliphatic carbocycles. The summed E-state index contributed by atoms with van der Waals surface area (Å²) >= 11 is 0. The summed E-state index contributed by atoms with van der Waals surface area (Å²) in [4.78, 5) is 14.9. The molecule has 5 nitrogen and oxygen atoms in total. The van der Waals surface area contributed by atoms with Gasteiger partial charge < -0.3 is 10.3 Å². The smallest absolute Gasteiger partial charge is 0.115 e. The Balaban J connectivity index is 1.68. The fraction of sp³-hybridized carbons (Fsp3) is 0.300. The molecular weight excluding hydrogens is 190 g/mol. The van der Waals surface area contributed by atoms with Gasteiger partial charge in [-0.1, -0.05) is 0 Å². The van der Waals surface area contributed by atoms with Gasteiger partial charge in [0.05, 0.1) is 6.33 Å². The topological polar surface area (TPSA) is 66.5 Å². The Morgan fingerprint density at radius 1 is 1.13 bits per heavy atom. The van der Waals surface area contributed by atoms with Gasteiger partial charge in [0, 0.05) is 49.4 Å². The van der Waals surface area contributed by atoms with Crippen LogP contribution in [0.2, 0.25) is 0 Å². The van der Waals surface area contributed by atoms with Crippen molar-refractivity contribution in [2.45, 2.75) is 13.0 Å². The van der Waals surface area contributed by atoms with E-state index in [4.69, 9.17) is 0 Å². The highest BCUT2D eigenvalue weighted by atomic mass is 14.9. The molecule has 2 N–H and O–H groups in total. The van der Waals surface area contributed by atoms with Crippen LogP contribution in [0.3, 0.4) is 0 Å². The molecule has 0 amide bonds. The first kappa shape index (κ1) is 9.79. The van der Waals surface area contributed by atoms with Gasteiger partial charge in [0.25, 0.3) is 0 Å². The summed E-state index contributed by atoms with van der Waals surface area (Å²) in [5.74, 6) is 0. The third kappa shape index (κ3) is 3.14. The third-order valence-corrected chi connectivity index (χ3v) is 2.07. The van der Waals surface area contributed by atoms with Gasteiger partial charge in [0.2, 0.25) is 0 Å². The van der Waals surface area contributed by atoms with Crippen LogP contribution in [-0.2, 0) is 13.0 Å². The summed E-state index contributed by atoms with van der Waals surface area (Å²) in [5.41, 5.74) is 2.24. The van der Waals surface area contributed by atoms with Crippen LogP contribution in [-0.4, -0.2) is 26.5 Å². The molecule has 2 rings (SSSR count). The highest BCUT2D eigenvalue weighted by Gasteiger charge is 1.94. The number of H-pyrrole nitrogens is 1. The van der Waals surface area contributed by atoms with Crippen molar-refractivity contribution in [2.75, 3.05) is 6.54 Å². The second kappa shape index (κ2) is 5.21. The van der Waals surface area contributed by atoms with Crippen molar-refractivity contribution in [2.24, 2.45) is 0 Å². The normalized spacial score (nSPS) is 10.4. The van der Waals surface area contributed by atoms with Crippen molar-refractivity contribution in [3.63, 3.8) is 0 Å². The number of nitrogens with zero attached hydrogens (tertiary/aromatic N) is 3. The van der Waals surface area contributed by atoms with Crippen molar-refractivity contribution in [1.29, 1.82) is 0 Å². The average molecular weight is 203 g/mol. The lowest BCUT2D eigenvalue weighted by molar-refractivity contribution is 0.677. The minimum absolute atomic E-state index is 0.801. The molecule has 2 heterocycles. The molecule has 2 aromatic heterocycles. The quantitative estimate of drug-likeness (QED) is 0.696. The lowest BCUT2D eigenvalue weighted by Crippen LogP contribution is -2.17. The van der Waals surface area contributed by atoms with E-state index in [1.165, 1.54) is 6.33 Å². The van der Waals surface area contributed by atoms with Gasteiger partial charge >= 0.3 is 0 Å². The number of hydrogen-bond acceptors (Lipinski definition) is 4. The zero-order chi connectivity index (χ0) is 10.3. The van der Waals surface area contributed by atoms with Crippen LogP contribution in [0.4, 0.5) is 0 Å². The van der Waals surface area contributed by atoms with Gasteiger partial charge in [-0.05, 0) is 0 Å². The molecule has 0 saturated carbocycles. The highest BCUT2D eigenvalue weighted by molar-refractivity contribution is 5.01. The van der Waals surface area contributed by atoms with Crippen LogP contribution in [0.15, 0.2) is 31.2 Å². The standard InChI is InChI=1S/C10H13N5/c1(10-6-14-8-15-10)2-11-3-9-4-12-7-13-5-9/h4-8,11H,1-3H2,(H,14,15). The molecule has 0 spiro atoms. The maximum absolute atomic E-state index is 3.96. The first-order valence-electron chi connectivity index (χ1n) is 4.87. The largest absolute Gasteiger partial charge is 0.348 e. The number of aromatic nitrogens is 4. The summed E-state index contributed by atoms with van der Waals surface area (Å²) in [7, 11) is 0. The molecule has 78 valence electrons. The fourth-order valence-corrected chi connectivity index (χ4v) is 1.30. The lowest BCUT2D eigenvalue weighted by Gasteiger charge is -2.02. The molecule has 2 aromatic rings. The summed E-state index contributed by atoms with van der Waals surface area (Å²) in [5, 5.41) is 3.31. The van der Waals surface area contributed by atoms with Crippen LogP contribution >= 0.6 is 0 Å². The highest BCUT2D eigenvalue weighted by Crippen LogP contribution is 1.93. The first-order chi connectivity index (χ1) is 7.45. The van der Waals surface area contributed by atoms with Crippen LogP contribution in [0.25, 0.3) is 0 Å². The van der Waals surface area contributed by atoms with Gasteiger partial charge in [0.1, 0.15) is 6.33 Å². The van der Waals surface area contributed by atoms with Crippen molar-refractivity contribution >= 4 is 0 Å². The van der Waals surface area contributed by atoms with Gasteiger partial charge in [-0.15, -0.1) is 0 Å². The van der Waals surface area contributed by atoms with E-state index < -0.39 is 0 Å². The third-order valence-electron chi connectivity index (χ3n) is 2.07. The van der Waals surface area contributed by atoms with Crippen LogP contribution in [0.1, 0.15) is 11.3 Å². The van der Waals surface area contributed by atoms with Gasteiger partial charge in [0.15, 0.2) is 0 Å². The Labute approximate surface area is 88.0 Å². The molecule has 0 unspecified atom stereocenters. The van der Waals surface area contributed by atoms with Crippen molar-refractivity contribution in [3.05, 3.63) is 42.5 Å². The molecule has 0 aliphatic rings. The van der Waals surface area contributed by atoms with E-state index in [1.54, 1.807) is 6.33 Å². The molecule has 0 aliphatic heterocycles. The Kier molecular flexibility index (Phi) is 3.40. The number of aromatic amines is 1. The van der Waals surface area contributed by atoms with E-state index >= 15 is 0 Å². The van der Waals surface area contributed by atoms with Crippen molar-refractivity contribution < 1.29 is 0 Å². The fourth-order valence-electron chi connectivity index (χ4n) is 1.30. The molecule has 0 radical (unpaired) electrons. The second-order valence-electron chi connectivity index (χ2n) is 3.25. The maximum Gasteiger partial charge on any atom is 0.115 e. The van der Waals surface area contributed by atoms with E-state index in [0.29, 0.717) is 0 Å². The molecule has 0 bridgehead atoms. The Morgan fingerprint density at radius 2 is 2.00 bits per heavy atom. The number of hydrogen-bond donors (Lipinski definition) is 2. The summed E-state index contributed by atoms with van der Waals surface area (Å²) in [6.07, 6.45) is 9.65. The minimum Gasteiger partial charge on any atom is -0.348 e. The summed E-state index contributed by atoms with van der Waals surface area (Å²) < 4.78 is 0.